The van der Waals surface area contributed by atoms with Crippen LogP contribution in [0.15, 0.2) is 17.0 Å². The van der Waals surface area contributed by atoms with E-state index in [1.54, 1.807) is 21.0 Å². The maximum atomic E-state index is 11.7. The maximum absolute atomic E-state index is 11.7. The largest absolute Gasteiger partial charge is 0.382 e. The second-order valence-electron chi connectivity index (χ2n) is 4.57. The number of nitrogens with two attached hydrogens (primary N) is 1. The maximum Gasteiger partial charge on any atom is 0.250 e. The molecule has 0 aliphatic heterocycles. The first-order valence-corrected chi connectivity index (χ1v) is 7.81. The third kappa shape index (κ3) is 5.43. The average Bonchev–Trinajstić information content (AvgIpc) is 2.37. The van der Waals surface area contributed by atoms with Crippen LogP contribution < -0.4 is 10.5 Å². The van der Waals surface area contributed by atoms with Gasteiger partial charge in [0.15, 0.2) is 0 Å². The van der Waals surface area contributed by atoms with Gasteiger partial charge >= 0.3 is 0 Å². The summed E-state index contributed by atoms with van der Waals surface area (Å²) in [6.45, 7) is 4.03. The number of hydrogen-bond acceptors (Lipinski definition) is 5. The van der Waals surface area contributed by atoms with Crippen molar-refractivity contribution < 1.29 is 22.7 Å². The molecule has 0 aliphatic carbocycles. The van der Waals surface area contributed by atoms with Crippen LogP contribution in [0.5, 0.6) is 0 Å². The summed E-state index contributed by atoms with van der Waals surface area (Å²) >= 11 is 0. The van der Waals surface area contributed by atoms with E-state index in [-0.39, 0.29) is 17.4 Å². The zero-order valence-corrected chi connectivity index (χ0v) is 13.1. The Morgan fingerprint density at radius 2 is 1.81 bits per heavy atom. The van der Waals surface area contributed by atoms with Crippen molar-refractivity contribution in [1.82, 2.24) is 0 Å². The molecule has 0 bridgehead atoms. The minimum absolute atomic E-state index is 0.0202. The molecule has 8 heteroatoms. The van der Waals surface area contributed by atoms with E-state index in [1.807, 2.05) is 0 Å². The zero-order valence-electron chi connectivity index (χ0n) is 12.3. The molecular formula is C13H20N2O5S. The van der Waals surface area contributed by atoms with E-state index in [1.165, 1.54) is 12.1 Å². The number of carbonyl (C=O) groups excluding carboxylic acids is 1. The quantitative estimate of drug-likeness (QED) is 0.714. The van der Waals surface area contributed by atoms with Crippen molar-refractivity contribution in [1.29, 1.82) is 0 Å². The van der Waals surface area contributed by atoms with Gasteiger partial charge in [0.05, 0.1) is 18.1 Å². The van der Waals surface area contributed by atoms with Crippen LogP contribution in [0.25, 0.3) is 0 Å². The molecule has 3 N–H and O–H groups in total. The van der Waals surface area contributed by atoms with E-state index < -0.39 is 10.0 Å². The molecule has 0 heterocycles. The Bertz CT molecular complexity index is 590. The van der Waals surface area contributed by atoms with E-state index in [0.29, 0.717) is 30.0 Å². The second-order valence-corrected chi connectivity index (χ2v) is 6.13. The molecule has 7 nitrogen and oxygen atoms in total. The number of benzene rings is 1. The molecule has 21 heavy (non-hydrogen) atoms. The SMILES string of the molecule is COCCOCC(=O)Nc1c(C)cc(S(N)(=O)=O)cc1C. The number of nitrogens with one attached hydrogen (secondary N) is 1. The fraction of sp³-hybridized carbons (Fsp3) is 0.462. The number of anilines is 1. The fourth-order valence-electron chi connectivity index (χ4n) is 1.77. The molecule has 118 valence electrons. The van der Waals surface area contributed by atoms with Gasteiger partial charge in [0, 0.05) is 12.8 Å². The molecular weight excluding hydrogens is 296 g/mol. The number of primary sulfonamides is 1. The molecule has 0 atom stereocenters. The Labute approximate surface area is 124 Å². The van der Waals surface area contributed by atoms with Gasteiger partial charge < -0.3 is 14.8 Å². The lowest BCUT2D eigenvalue weighted by Crippen LogP contribution is -2.21. The highest BCUT2D eigenvalue weighted by Crippen LogP contribution is 2.24. The average molecular weight is 316 g/mol. The summed E-state index contributed by atoms with van der Waals surface area (Å²) in [5, 5.41) is 7.79. The highest BCUT2D eigenvalue weighted by atomic mass is 32.2. The van der Waals surface area contributed by atoms with Gasteiger partial charge in [0.2, 0.25) is 15.9 Å². The lowest BCUT2D eigenvalue weighted by molar-refractivity contribution is -0.121. The first kappa shape index (κ1) is 17.6. The number of rotatable bonds is 7. The van der Waals surface area contributed by atoms with Gasteiger partial charge in [-0.05, 0) is 37.1 Å². The zero-order chi connectivity index (χ0) is 16.0. The molecule has 0 unspecified atom stereocenters. The minimum atomic E-state index is -3.76. The summed E-state index contributed by atoms with van der Waals surface area (Å²) in [7, 11) is -2.22. The summed E-state index contributed by atoms with van der Waals surface area (Å²) in [6, 6.07) is 2.84. The number of carbonyl (C=O) groups is 1. The molecule has 1 aromatic rings. The number of amides is 1. The van der Waals surface area contributed by atoms with Gasteiger partial charge in [-0.1, -0.05) is 0 Å². The van der Waals surface area contributed by atoms with Crippen molar-refractivity contribution in [3.63, 3.8) is 0 Å². The van der Waals surface area contributed by atoms with E-state index in [9.17, 15) is 13.2 Å². The number of aryl methyl sites for hydroxylation is 2. The van der Waals surface area contributed by atoms with Gasteiger partial charge in [-0.2, -0.15) is 0 Å². The predicted octanol–water partition coefficient (Wildman–Crippen LogP) is 0.552. The molecule has 1 aromatic carbocycles. The van der Waals surface area contributed by atoms with Crippen LogP contribution in [-0.4, -0.2) is 41.3 Å². The Morgan fingerprint density at radius 3 is 2.29 bits per heavy atom. The lowest BCUT2D eigenvalue weighted by atomic mass is 10.1. The van der Waals surface area contributed by atoms with Crippen molar-refractivity contribution >= 4 is 21.6 Å². The second kappa shape index (κ2) is 7.51. The standard InChI is InChI=1S/C13H20N2O5S/c1-9-6-11(21(14,17)18)7-10(2)13(9)15-12(16)8-20-5-4-19-3/h6-7H,4-5,8H2,1-3H3,(H,15,16)(H2,14,17,18). The summed E-state index contributed by atoms with van der Waals surface area (Å²) < 4.78 is 32.6. The van der Waals surface area contributed by atoms with Gasteiger partial charge in [-0.3, -0.25) is 4.79 Å². The third-order valence-electron chi connectivity index (χ3n) is 2.76. The Morgan fingerprint density at radius 1 is 1.24 bits per heavy atom. The topological polar surface area (TPSA) is 108 Å². The smallest absolute Gasteiger partial charge is 0.250 e. The van der Waals surface area contributed by atoms with Gasteiger partial charge in [-0.25, -0.2) is 13.6 Å². The van der Waals surface area contributed by atoms with E-state index in [4.69, 9.17) is 14.6 Å². The highest BCUT2D eigenvalue weighted by molar-refractivity contribution is 7.89. The van der Waals surface area contributed by atoms with Gasteiger partial charge in [0.25, 0.3) is 0 Å². The first-order valence-electron chi connectivity index (χ1n) is 6.26. The molecule has 0 aliphatic rings. The Hall–Kier alpha value is -1.48. The highest BCUT2D eigenvalue weighted by Gasteiger charge is 2.14. The van der Waals surface area contributed by atoms with Crippen LogP contribution in [0.2, 0.25) is 0 Å². The van der Waals surface area contributed by atoms with Crippen LogP contribution in [0.1, 0.15) is 11.1 Å². The molecule has 0 saturated heterocycles. The minimum Gasteiger partial charge on any atom is -0.382 e. The first-order chi connectivity index (χ1) is 9.75. The molecule has 0 fully saturated rings. The Kier molecular flexibility index (Phi) is 6.28. The van der Waals surface area contributed by atoms with Gasteiger partial charge in [0.1, 0.15) is 6.61 Å². The summed E-state index contributed by atoms with van der Waals surface area (Å²) in [4.78, 5) is 11.8. The monoisotopic (exact) mass is 316 g/mol. The summed E-state index contributed by atoms with van der Waals surface area (Å²) in [5.74, 6) is -0.319. The van der Waals surface area contributed by atoms with E-state index >= 15 is 0 Å². The van der Waals surface area contributed by atoms with Crippen molar-refractivity contribution in [2.24, 2.45) is 5.14 Å². The van der Waals surface area contributed by atoms with Crippen molar-refractivity contribution in [2.45, 2.75) is 18.7 Å². The van der Waals surface area contributed by atoms with Crippen molar-refractivity contribution in [2.75, 3.05) is 32.2 Å². The summed E-state index contributed by atoms with van der Waals surface area (Å²) in [6.07, 6.45) is 0. The molecule has 0 radical (unpaired) electrons. The van der Waals surface area contributed by atoms with E-state index in [2.05, 4.69) is 5.32 Å². The third-order valence-corrected chi connectivity index (χ3v) is 3.66. The number of hydrogen-bond donors (Lipinski definition) is 2. The van der Waals surface area contributed by atoms with Crippen LogP contribution in [0.4, 0.5) is 5.69 Å². The summed E-state index contributed by atoms with van der Waals surface area (Å²) in [5.41, 5.74) is 1.79. The molecule has 0 saturated carbocycles. The predicted molar refractivity (Wildman–Crippen MR) is 78.6 cm³/mol. The molecule has 1 amide bonds. The number of sulfonamides is 1. The normalized spacial score (nSPS) is 11.4. The van der Waals surface area contributed by atoms with Crippen molar-refractivity contribution in [3.8, 4) is 0 Å². The van der Waals surface area contributed by atoms with Crippen LogP contribution in [0, 0.1) is 13.8 Å². The lowest BCUT2D eigenvalue weighted by Gasteiger charge is -2.13. The number of methoxy groups -OCH3 is 1. The van der Waals surface area contributed by atoms with Gasteiger partial charge in [-0.15, -0.1) is 0 Å². The Balaban J connectivity index is 2.78. The molecule has 0 aromatic heterocycles. The van der Waals surface area contributed by atoms with E-state index in [0.717, 1.165) is 0 Å². The molecule has 1 rings (SSSR count). The van der Waals surface area contributed by atoms with Crippen LogP contribution in [-0.2, 0) is 24.3 Å². The van der Waals surface area contributed by atoms with Crippen LogP contribution in [0.3, 0.4) is 0 Å². The number of ether oxygens (including phenoxy) is 2. The fourth-order valence-corrected chi connectivity index (χ4v) is 2.45. The molecule has 0 spiro atoms. The van der Waals surface area contributed by atoms with Crippen LogP contribution >= 0.6 is 0 Å². The van der Waals surface area contributed by atoms with Crippen molar-refractivity contribution in [3.05, 3.63) is 23.3 Å².